The molecule has 6 heteroatoms. The molecule has 1 N–H and O–H groups in total. The minimum absolute atomic E-state index is 0.404. The Kier molecular flexibility index (Phi) is 5.59. The number of aromatic nitrogens is 3. The van der Waals surface area contributed by atoms with Crippen LogP contribution in [0.1, 0.15) is 32.8 Å². The molecule has 0 bridgehead atoms. The summed E-state index contributed by atoms with van der Waals surface area (Å²) in [4.78, 5) is 4.28. The van der Waals surface area contributed by atoms with E-state index in [1.54, 1.807) is 12.4 Å². The number of pyridine rings is 1. The van der Waals surface area contributed by atoms with Gasteiger partial charge in [0.25, 0.3) is 0 Å². The highest BCUT2D eigenvalue weighted by Gasteiger charge is 2.08. The Morgan fingerprint density at radius 1 is 1.38 bits per heavy atom. The molecule has 0 aliphatic carbocycles. The molecule has 0 spiro atoms. The Bertz CT molecular complexity index is 583. The highest BCUT2D eigenvalue weighted by molar-refractivity contribution is 6.31. The molecule has 0 aliphatic rings. The van der Waals surface area contributed by atoms with Crippen molar-refractivity contribution in [1.82, 2.24) is 20.1 Å². The molecule has 0 atom stereocenters. The van der Waals surface area contributed by atoms with Crippen LogP contribution >= 0.6 is 11.6 Å². The first-order valence-corrected chi connectivity index (χ1v) is 7.54. The van der Waals surface area contributed by atoms with Crippen LogP contribution in [0.5, 0.6) is 11.6 Å². The number of nitrogens with zero attached hydrogens (tertiary/aromatic N) is 3. The normalized spacial score (nSPS) is 11.1. The molecule has 0 radical (unpaired) electrons. The van der Waals surface area contributed by atoms with Crippen LogP contribution in [0.3, 0.4) is 0 Å². The van der Waals surface area contributed by atoms with Crippen LogP contribution in [0.15, 0.2) is 24.7 Å². The summed E-state index contributed by atoms with van der Waals surface area (Å²) in [7, 11) is 0. The number of ether oxygens (including phenoxy) is 1. The summed E-state index contributed by atoms with van der Waals surface area (Å²) in [6.07, 6.45) is 6.31. The lowest BCUT2D eigenvalue weighted by atomic mass is 10.2. The summed E-state index contributed by atoms with van der Waals surface area (Å²) < 4.78 is 7.51. The number of hydrogen-bond acceptors (Lipinski definition) is 4. The van der Waals surface area contributed by atoms with Crippen molar-refractivity contribution in [3.05, 3.63) is 35.2 Å². The van der Waals surface area contributed by atoms with Gasteiger partial charge in [-0.25, -0.2) is 4.98 Å². The molecule has 0 amide bonds. The van der Waals surface area contributed by atoms with Crippen LogP contribution in [-0.2, 0) is 13.1 Å². The van der Waals surface area contributed by atoms with Crippen molar-refractivity contribution < 1.29 is 4.74 Å². The van der Waals surface area contributed by atoms with Crippen molar-refractivity contribution >= 4 is 11.6 Å². The Morgan fingerprint density at radius 3 is 2.86 bits per heavy atom. The van der Waals surface area contributed by atoms with Crippen molar-refractivity contribution in [2.75, 3.05) is 0 Å². The lowest BCUT2D eigenvalue weighted by molar-refractivity contribution is 0.460. The molecular weight excluding hydrogens is 288 g/mol. The van der Waals surface area contributed by atoms with Gasteiger partial charge in [-0.2, -0.15) is 5.10 Å². The fourth-order valence-corrected chi connectivity index (χ4v) is 2.05. The van der Waals surface area contributed by atoms with Gasteiger partial charge in [-0.05, 0) is 18.1 Å². The summed E-state index contributed by atoms with van der Waals surface area (Å²) in [5, 5.41) is 8.03. The number of rotatable bonds is 7. The average molecular weight is 309 g/mol. The molecule has 2 aromatic heterocycles. The number of nitrogens with one attached hydrogen (secondary N) is 1. The van der Waals surface area contributed by atoms with Gasteiger partial charge in [0.05, 0.1) is 12.4 Å². The molecule has 2 heterocycles. The third-order valence-electron chi connectivity index (χ3n) is 2.86. The second-order valence-corrected chi connectivity index (χ2v) is 5.61. The second-order valence-electron chi connectivity index (χ2n) is 5.21. The molecule has 2 aromatic rings. The van der Waals surface area contributed by atoms with Crippen LogP contribution in [0.2, 0.25) is 5.02 Å². The highest BCUT2D eigenvalue weighted by atomic mass is 35.5. The zero-order chi connectivity index (χ0) is 15.2. The summed E-state index contributed by atoms with van der Waals surface area (Å²) in [5.74, 6) is 1.05. The molecule has 0 aromatic carbocycles. The fraction of sp³-hybridized carbons (Fsp3) is 0.467. The molecule has 0 unspecified atom stereocenters. The minimum atomic E-state index is 0.404. The van der Waals surface area contributed by atoms with Crippen molar-refractivity contribution in [1.29, 1.82) is 0 Å². The predicted octanol–water partition coefficient (Wildman–Crippen LogP) is 3.63. The molecule has 0 aliphatic heterocycles. The fourth-order valence-electron chi connectivity index (χ4n) is 1.82. The third-order valence-corrected chi connectivity index (χ3v) is 3.13. The van der Waals surface area contributed by atoms with Crippen LogP contribution in [0, 0.1) is 0 Å². The van der Waals surface area contributed by atoms with Crippen molar-refractivity contribution in [3.8, 4) is 11.6 Å². The molecule has 21 heavy (non-hydrogen) atoms. The van der Waals surface area contributed by atoms with E-state index in [1.807, 2.05) is 16.9 Å². The van der Waals surface area contributed by atoms with E-state index in [-0.39, 0.29) is 0 Å². The lowest BCUT2D eigenvalue weighted by Crippen LogP contribution is -2.21. The SMILES string of the molecule is CCCn1cc(Oc2ncc(CNC(C)C)cc2Cl)cn1. The van der Waals surface area contributed by atoms with Gasteiger partial charge in [-0.15, -0.1) is 0 Å². The van der Waals surface area contributed by atoms with Gasteiger partial charge in [-0.3, -0.25) is 4.68 Å². The van der Waals surface area contributed by atoms with Crippen LogP contribution in [0.4, 0.5) is 0 Å². The van der Waals surface area contributed by atoms with E-state index in [0.29, 0.717) is 22.7 Å². The molecule has 0 fully saturated rings. The van der Waals surface area contributed by atoms with Crippen LogP contribution in [-0.4, -0.2) is 20.8 Å². The van der Waals surface area contributed by atoms with Gasteiger partial charge in [0.1, 0.15) is 5.02 Å². The Hall–Kier alpha value is -1.59. The Morgan fingerprint density at radius 2 is 2.19 bits per heavy atom. The second kappa shape index (κ2) is 7.43. The van der Waals surface area contributed by atoms with E-state index < -0.39 is 0 Å². The van der Waals surface area contributed by atoms with Gasteiger partial charge >= 0.3 is 0 Å². The summed E-state index contributed by atoms with van der Waals surface area (Å²) >= 11 is 6.22. The standard InChI is InChI=1S/C15H21ClN4O/c1-4-5-20-10-13(9-19-20)21-15-14(16)6-12(8-18-15)7-17-11(2)3/h6,8-11,17H,4-5,7H2,1-3H3. The van der Waals surface area contributed by atoms with E-state index in [1.165, 1.54) is 0 Å². The first-order chi connectivity index (χ1) is 10.1. The minimum Gasteiger partial charge on any atom is -0.434 e. The molecule has 0 saturated heterocycles. The maximum atomic E-state index is 6.22. The zero-order valence-corrected chi connectivity index (χ0v) is 13.4. The molecule has 2 rings (SSSR count). The van der Waals surface area contributed by atoms with Crippen molar-refractivity contribution in [3.63, 3.8) is 0 Å². The maximum Gasteiger partial charge on any atom is 0.238 e. The van der Waals surface area contributed by atoms with Crippen LogP contribution in [0.25, 0.3) is 0 Å². The quantitative estimate of drug-likeness (QED) is 0.848. The van der Waals surface area contributed by atoms with E-state index >= 15 is 0 Å². The van der Waals surface area contributed by atoms with E-state index in [0.717, 1.165) is 25.1 Å². The highest BCUT2D eigenvalue weighted by Crippen LogP contribution is 2.27. The largest absolute Gasteiger partial charge is 0.434 e. The molecule has 114 valence electrons. The average Bonchev–Trinajstić information content (AvgIpc) is 2.87. The Balaban J connectivity index is 2.02. The summed E-state index contributed by atoms with van der Waals surface area (Å²) in [6, 6.07) is 2.29. The molecule has 0 saturated carbocycles. The zero-order valence-electron chi connectivity index (χ0n) is 12.6. The van der Waals surface area contributed by atoms with E-state index in [4.69, 9.17) is 16.3 Å². The van der Waals surface area contributed by atoms with Gasteiger partial charge < -0.3 is 10.1 Å². The number of hydrogen-bond donors (Lipinski definition) is 1. The van der Waals surface area contributed by atoms with Gasteiger partial charge in [-0.1, -0.05) is 32.4 Å². The van der Waals surface area contributed by atoms with Crippen molar-refractivity contribution in [2.24, 2.45) is 0 Å². The van der Waals surface area contributed by atoms with Gasteiger partial charge in [0.2, 0.25) is 5.88 Å². The topological polar surface area (TPSA) is 52.0 Å². The smallest absolute Gasteiger partial charge is 0.238 e. The summed E-state index contributed by atoms with van der Waals surface area (Å²) in [6.45, 7) is 7.90. The van der Waals surface area contributed by atoms with Crippen LogP contribution < -0.4 is 10.1 Å². The monoisotopic (exact) mass is 308 g/mol. The van der Waals surface area contributed by atoms with E-state index in [2.05, 4.69) is 36.2 Å². The maximum absolute atomic E-state index is 6.22. The third kappa shape index (κ3) is 4.72. The summed E-state index contributed by atoms with van der Waals surface area (Å²) in [5.41, 5.74) is 1.03. The lowest BCUT2D eigenvalue weighted by Gasteiger charge is -2.09. The first kappa shape index (κ1) is 15.8. The van der Waals surface area contributed by atoms with Gasteiger partial charge in [0, 0.05) is 25.3 Å². The molecule has 5 nitrogen and oxygen atoms in total. The first-order valence-electron chi connectivity index (χ1n) is 7.16. The van der Waals surface area contributed by atoms with Crippen molar-refractivity contribution in [2.45, 2.75) is 46.3 Å². The Labute approximate surface area is 130 Å². The van der Waals surface area contributed by atoms with Gasteiger partial charge in [0.15, 0.2) is 5.75 Å². The number of halogens is 1. The van der Waals surface area contributed by atoms with E-state index in [9.17, 15) is 0 Å². The predicted molar refractivity (Wildman–Crippen MR) is 83.8 cm³/mol. The number of aryl methyl sites for hydroxylation is 1. The molecular formula is C15H21ClN4O.